The third-order valence-electron chi connectivity index (χ3n) is 3.61. The maximum atomic E-state index is 10.1. The molecule has 0 radical (unpaired) electrons. The van der Waals surface area contributed by atoms with E-state index in [1.54, 1.807) is 0 Å². The fourth-order valence-electron chi connectivity index (χ4n) is 2.22. The van der Waals surface area contributed by atoms with Crippen LogP contribution in [0.15, 0.2) is 48.5 Å². The van der Waals surface area contributed by atoms with Crippen molar-refractivity contribution in [3.05, 3.63) is 59.7 Å². The van der Waals surface area contributed by atoms with Crippen LogP contribution in [-0.2, 0) is 5.41 Å². The van der Waals surface area contributed by atoms with Crippen LogP contribution in [0.5, 0.6) is 11.5 Å². The molecule has 1 atom stereocenters. The van der Waals surface area contributed by atoms with Gasteiger partial charge in [0.1, 0.15) is 11.5 Å². The highest BCUT2D eigenvalue weighted by molar-refractivity contribution is 5.40. The first kappa shape index (κ1) is 15.6. The molecular formula is C19H24O2. The van der Waals surface area contributed by atoms with Crippen LogP contribution in [-0.4, -0.2) is 5.11 Å². The van der Waals surface area contributed by atoms with Gasteiger partial charge in [0, 0.05) is 5.56 Å². The Balaban J connectivity index is 2.23. The van der Waals surface area contributed by atoms with E-state index < -0.39 is 6.10 Å². The van der Waals surface area contributed by atoms with Crippen molar-refractivity contribution < 1.29 is 9.84 Å². The van der Waals surface area contributed by atoms with Crippen LogP contribution in [0.4, 0.5) is 0 Å². The maximum Gasteiger partial charge on any atom is 0.133 e. The van der Waals surface area contributed by atoms with E-state index in [0.717, 1.165) is 17.1 Å². The maximum absolute atomic E-state index is 10.1. The number of aliphatic hydroxyl groups excluding tert-OH is 1. The normalized spacial score (nSPS) is 13.0. The van der Waals surface area contributed by atoms with Crippen molar-refractivity contribution in [3.63, 3.8) is 0 Å². The van der Waals surface area contributed by atoms with E-state index in [2.05, 4.69) is 32.9 Å². The summed E-state index contributed by atoms with van der Waals surface area (Å²) in [5.74, 6) is 1.51. The van der Waals surface area contributed by atoms with E-state index in [1.807, 2.05) is 43.3 Å². The molecule has 2 rings (SSSR count). The molecule has 0 unspecified atom stereocenters. The lowest BCUT2D eigenvalue weighted by Crippen LogP contribution is -2.10. The van der Waals surface area contributed by atoms with Gasteiger partial charge in [-0.2, -0.15) is 0 Å². The summed E-state index contributed by atoms with van der Waals surface area (Å²) in [7, 11) is 0. The largest absolute Gasteiger partial charge is 0.457 e. The smallest absolute Gasteiger partial charge is 0.133 e. The second kappa shape index (κ2) is 6.31. The van der Waals surface area contributed by atoms with Crippen molar-refractivity contribution in [3.8, 4) is 11.5 Å². The van der Waals surface area contributed by atoms with Crippen molar-refractivity contribution in [2.75, 3.05) is 0 Å². The van der Waals surface area contributed by atoms with Crippen LogP contribution < -0.4 is 4.74 Å². The second-order valence-electron chi connectivity index (χ2n) is 6.34. The molecule has 112 valence electrons. The van der Waals surface area contributed by atoms with Crippen LogP contribution in [0.1, 0.15) is 51.3 Å². The lowest BCUT2D eigenvalue weighted by molar-refractivity contribution is 0.170. The van der Waals surface area contributed by atoms with Gasteiger partial charge in [-0.3, -0.25) is 0 Å². The van der Waals surface area contributed by atoms with E-state index in [9.17, 15) is 5.11 Å². The van der Waals surface area contributed by atoms with E-state index in [-0.39, 0.29) is 5.41 Å². The molecule has 21 heavy (non-hydrogen) atoms. The lowest BCUT2D eigenvalue weighted by atomic mass is 9.87. The number of rotatable bonds is 4. The summed E-state index contributed by atoms with van der Waals surface area (Å²) in [5, 5.41) is 10.1. The van der Waals surface area contributed by atoms with Gasteiger partial charge in [0.2, 0.25) is 0 Å². The Labute approximate surface area is 127 Å². The second-order valence-corrected chi connectivity index (χ2v) is 6.34. The van der Waals surface area contributed by atoms with Gasteiger partial charge in [-0.25, -0.2) is 0 Å². The van der Waals surface area contributed by atoms with E-state index in [1.165, 1.54) is 5.56 Å². The molecule has 0 amide bonds. The van der Waals surface area contributed by atoms with Crippen molar-refractivity contribution >= 4 is 0 Å². The van der Waals surface area contributed by atoms with Crippen LogP contribution in [0.25, 0.3) is 0 Å². The molecule has 0 heterocycles. The number of hydrogen-bond acceptors (Lipinski definition) is 2. The summed E-state index contributed by atoms with van der Waals surface area (Å²) >= 11 is 0. The molecule has 1 N–H and O–H groups in total. The van der Waals surface area contributed by atoms with Gasteiger partial charge in [-0.1, -0.05) is 58.0 Å². The van der Waals surface area contributed by atoms with Gasteiger partial charge in [0.15, 0.2) is 0 Å². The average Bonchev–Trinajstić information content (AvgIpc) is 2.46. The van der Waals surface area contributed by atoms with Gasteiger partial charge in [0.05, 0.1) is 6.10 Å². The molecule has 0 saturated carbocycles. The number of hydrogen-bond donors (Lipinski definition) is 1. The van der Waals surface area contributed by atoms with Crippen LogP contribution in [0.2, 0.25) is 0 Å². The number of aliphatic hydroxyl groups is 1. The monoisotopic (exact) mass is 284 g/mol. The SMILES string of the molecule is CC[C@@H](O)c1ccccc1Oc1ccc(C(C)(C)C)cc1. The highest BCUT2D eigenvalue weighted by Gasteiger charge is 2.14. The van der Waals surface area contributed by atoms with Crippen molar-refractivity contribution in [2.24, 2.45) is 0 Å². The predicted molar refractivity (Wildman–Crippen MR) is 86.9 cm³/mol. The molecule has 0 spiro atoms. The van der Waals surface area contributed by atoms with Crippen molar-refractivity contribution in [1.82, 2.24) is 0 Å². The molecule has 0 aliphatic rings. The standard InChI is InChI=1S/C19H24O2/c1-5-17(20)16-8-6-7-9-18(16)21-15-12-10-14(11-13-15)19(2,3)4/h6-13,17,20H,5H2,1-4H3/t17-/m1/s1. The summed E-state index contributed by atoms with van der Waals surface area (Å²) in [6.45, 7) is 8.53. The zero-order valence-corrected chi connectivity index (χ0v) is 13.3. The van der Waals surface area contributed by atoms with Gasteiger partial charge < -0.3 is 9.84 Å². The minimum Gasteiger partial charge on any atom is -0.457 e. The lowest BCUT2D eigenvalue weighted by Gasteiger charge is -2.19. The summed E-state index contributed by atoms with van der Waals surface area (Å²) in [6, 6.07) is 15.8. The topological polar surface area (TPSA) is 29.5 Å². The van der Waals surface area contributed by atoms with Gasteiger partial charge in [-0.15, -0.1) is 0 Å². The molecule has 2 heteroatoms. The van der Waals surface area contributed by atoms with Crippen LogP contribution in [0, 0.1) is 0 Å². The zero-order chi connectivity index (χ0) is 15.5. The third-order valence-corrected chi connectivity index (χ3v) is 3.61. The minimum absolute atomic E-state index is 0.134. The zero-order valence-electron chi connectivity index (χ0n) is 13.3. The van der Waals surface area contributed by atoms with E-state index >= 15 is 0 Å². The van der Waals surface area contributed by atoms with Crippen LogP contribution in [0.3, 0.4) is 0 Å². The molecule has 2 nitrogen and oxygen atoms in total. The van der Waals surface area contributed by atoms with E-state index in [4.69, 9.17) is 4.74 Å². The Morgan fingerprint density at radius 2 is 1.62 bits per heavy atom. The first-order valence-corrected chi connectivity index (χ1v) is 7.47. The highest BCUT2D eigenvalue weighted by atomic mass is 16.5. The Kier molecular flexibility index (Phi) is 4.69. The molecule has 0 bridgehead atoms. The van der Waals surface area contributed by atoms with Crippen molar-refractivity contribution in [1.29, 1.82) is 0 Å². The Morgan fingerprint density at radius 1 is 1.00 bits per heavy atom. The first-order valence-electron chi connectivity index (χ1n) is 7.47. The summed E-state index contributed by atoms with van der Waals surface area (Å²) < 4.78 is 5.94. The number of para-hydroxylation sites is 1. The first-order chi connectivity index (χ1) is 9.91. The molecule has 0 aromatic heterocycles. The third kappa shape index (κ3) is 3.85. The number of ether oxygens (including phenoxy) is 1. The van der Waals surface area contributed by atoms with Crippen molar-refractivity contribution in [2.45, 2.75) is 45.6 Å². The van der Waals surface area contributed by atoms with E-state index in [0.29, 0.717) is 6.42 Å². The van der Waals surface area contributed by atoms with Gasteiger partial charge in [-0.05, 0) is 35.6 Å². The molecule has 2 aromatic carbocycles. The van der Waals surface area contributed by atoms with Gasteiger partial charge >= 0.3 is 0 Å². The molecule has 0 aliphatic heterocycles. The average molecular weight is 284 g/mol. The molecule has 0 aliphatic carbocycles. The summed E-state index contributed by atoms with van der Waals surface area (Å²) in [6.07, 6.45) is 0.179. The minimum atomic E-state index is -0.491. The number of benzene rings is 2. The molecule has 2 aromatic rings. The molecule has 0 fully saturated rings. The fourth-order valence-corrected chi connectivity index (χ4v) is 2.22. The molecular weight excluding hydrogens is 260 g/mol. The molecule has 0 saturated heterocycles. The highest BCUT2D eigenvalue weighted by Crippen LogP contribution is 2.32. The Morgan fingerprint density at radius 3 is 2.19 bits per heavy atom. The quantitative estimate of drug-likeness (QED) is 0.834. The predicted octanol–water partition coefficient (Wildman–Crippen LogP) is 5.22. The van der Waals surface area contributed by atoms with Gasteiger partial charge in [0.25, 0.3) is 0 Å². The van der Waals surface area contributed by atoms with Crippen LogP contribution >= 0.6 is 0 Å². The summed E-state index contributed by atoms with van der Waals surface area (Å²) in [5.41, 5.74) is 2.24. The fraction of sp³-hybridized carbons (Fsp3) is 0.368. The summed E-state index contributed by atoms with van der Waals surface area (Å²) in [4.78, 5) is 0. The Hall–Kier alpha value is -1.80. The Bertz CT molecular complexity index is 579.